The number of carbonyl (C=O) groups excluding carboxylic acids is 3. The highest BCUT2D eigenvalue weighted by Gasteiger charge is 2.37. The summed E-state index contributed by atoms with van der Waals surface area (Å²) >= 11 is 3.18. The molecule has 1 aromatic rings. The van der Waals surface area contributed by atoms with E-state index in [0.29, 0.717) is 29.4 Å². The van der Waals surface area contributed by atoms with Crippen LogP contribution in [0.2, 0.25) is 0 Å². The number of rotatable bonds is 5. The van der Waals surface area contributed by atoms with Crippen LogP contribution in [0.3, 0.4) is 0 Å². The van der Waals surface area contributed by atoms with E-state index in [1.807, 2.05) is 0 Å². The van der Waals surface area contributed by atoms with E-state index < -0.39 is 17.5 Å². The van der Waals surface area contributed by atoms with Gasteiger partial charge in [-0.25, -0.2) is 4.39 Å². The first-order valence-electron chi connectivity index (χ1n) is 6.32. The van der Waals surface area contributed by atoms with Crippen LogP contribution >= 0.6 is 15.9 Å². The van der Waals surface area contributed by atoms with Crippen LogP contribution in [0.1, 0.15) is 36.5 Å². The lowest BCUT2D eigenvalue weighted by Gasteiger charge is -2.17. The number of Topliss-reactive ketones (excluding diaryl/α,β-unsaturated/α-hetero) is 2. The van der Waals surface area contributed by atoms with Gasteiger partial charge in [0.2, 0.25) is 0 Å². The van der Waals surface area contributed by atoms with Gasteiger partial charge in [-0.15, -0.1) is 0 Å². The lowest BCUT2D eigenvalue weighted by molar-refractivity contribution is -0.119. The zero-order valence-corrected chi connectivity index (χ0v) is 12.5. The van der Waals surface area contributed by atoms with E-state index in [1.165, 1.54) is 11.0 Å². The van der Waals surface area contributed by atoms with Crippen LogP contribution in [0.15, 0.2) is 16.6 Å². The third-order valence-corrected chi connectivity index (χ3v) is 3.82. The van der Waals surface area contributed by atoms with Gasteiger partial charge in [-0.05, 0) is 34.5 Å². The Labute approximate surface area is 124 Å². The fraction of sp³-hybridized carbons (Fsp3) is 0.357. The van der Waals surface area contributed by atoms with Crippen molar-refractivity contribution < 1.29 is 18.8 Å². The van der Waals surface area contributed by atoms with Gasteiger partial charge in [-0.2, -0.15) is 0 Å². The molecular formula is C14H13BrFNO3. The van der Waals surface area contributed by atoms with Gasteiger partial charge in [0.05, 0.1) is 11.3 Å². The Morgan fingerprint density at radius 2 is 2.05 bits per heavy atom. The van der Waals surface area contributed by atoms with E-state index in [0.717, 1.165) is 6.07 Å². The van der Waals surface area contributed by atoms with Crippen LogP contribution in [0.4, 0.5) is 10.1 Å². The summed E-state index contributed by atoms with van der Waals surface area (Å²) in [5.74, 6) is -1.83. The lowest BCUT2D eigenvalue weighted by atomic mass is 10.1. The van der Waals surface area contributed by atoms with Crippen molar-refractivity contribution >= 4 is 39.1 Å². The quantitative estimate of drug-likeness (QED) is 0.774. The maximum atomic E-state index is 13.3. The molecule has 1 aliphatic rings. The molecule has 0 radical (unpaired) electrons. The zero-order valence-electron chi connectivity index (χ0n) is 10.9. The number of amides is 1. The SMILES string of the molecule is CCC(=O)CCCN1C(=O)C(=O)c2cc(F)cc(Br)c21. The molecule has 0 bridgehead atoms. The van der Waals surface area contributed by atoms with E-state index in [4.69, 9.17) is 0 Å². The van der Waals surface area contributed by atoms with Gasteiger partial charge in [0.1, 0.15) is 11.6 Å². The molecule has 0 saturated carbocycles. The monoisotopic (exact) mass is 341 g/mol. The second-order valence-electron chi connectivity index (χ2n) is 4.57. The molecule has 0 saturated heterocycles. The molecule has 6 heteroatoms. The zero-order chi connectivity index (χ0) is 14.9. The molecule has 4 nitrogen and oxygen atoms in total. The Balaban J connectivity index is 2.22. The van der Waals surface area contributed by atoms with Crippen molar-refractivity contribution in [3.63, 3.8) is 0 Å². The van der Waals surface area contributed by atoms with E-state index in [2.05, 4.69) is 15.9 Å². The number of hydrogen-bond donors (Lipinski definition) is 0. The van der Waals surface area contributed by atoms with Crippen LogP contribution in [0.5, 0.6) is 0 Å². The lowest BCUT2D eigenvalue weighted by Crippen LogP contribution is -2.31. The van der Waals surface area contributed by atoms with Crippen LogP contribution in [0, 0.1) is 5.82 Å². The standard InChI is InChI=1S/C14H13BrFNO3/c1-2-9(18)4-3-5-17-12-10(13(19)14(17)20)6-8(16)7-11(12)15/h6-7H,2-5H2,1H3. The summed E-state index contributed by atoms with van der Waals surface area (Å²) in [6.45, 7) is 2.05. The topological polar surface area (TPSA) is 54.5 Å². The first kappa shape index (κ1) is 14.8. The van der Waals surface area contributed by atoms with Crippen molar-refractivity contribution in [2.24, 2.45) is 0 Å². The van der Waals surface area contributed by atoms with Gasteiger partial charge < -0.3 is 4.90 Å². The van der Waals surface area contributed by atoms with Crippen LogP contribution in [0.25, 0.3) is 0 Å². The molecule has 0 unspecified atom stereocenters. The third-order valence-electron chi connectivity index (χ3n) is 3.21. The van der Waals surface area contributed by atoms with Gasteiger partial charge in [0, 0.05) is 23.9 Å². The number of hydrogen-bond acceptors (Lipinski definition) is 3. The first-order chi connectivity index (χ1) is 9.45. The molecule has 0 aromatic heterocycles. The summed E-state index contributed by atoms with van der Waals surface area (Å²) in [5, 5.41) is 0. The third kappa shape index (κ3) is 2.65. The molecule has 1 heterocycles. The first-order valence-corrected chi connectivity index (χ1v) is 7.12. The molecule has 0 spiro atoms. The highest BCUT2D eigenvalue weighted by molar-refractivity contribution is 9.10. The maximum absolute atomic E-state index is 13.3. The van der Waals surface area contributed by atoms with Crippen molar-refractivity contribution in [1.82, 2.24) is 0 Å². The Bertz CT molecular complexity index is 600. The highest BCUT2D eigenvalue weighted by Crippen LogP contribution is 2.37. The summed E-state index contributed by atoms with van der Waals surface area (Å²) in [5.41, 5.74) is 0.467. The summed E-state index contributed by atoms with van der Waals surface area (Å²) in [6, 6.07) is 2.28. The molecular weight excluding hydrogens is 329 g/mol. The molecule has 0 N–H and O–H groups in total. The molecule has 1 aliphatic heterocycles. The van der Waals surface area contributed by atoms with Gasteiger partial charge in [0.25, 0.3) is 11.7 Å². The fourth-order valence-corrected chi connectivity index (χ4v) is 2.82. The van der Waals surface area contributed by atoms with Gasteiger partial charge in [-0.1, -0.05) is 6.92 Å². The normalized spacial score (nSPS) is 13.8. The molecule has 1 aromatic carbocycles. The molecule has 2 rings (SSSR count). The summed E-state index contributed by atoms with van der Waals surface area (Å²) in [4.78, 5) is 36.3. The summed E-state index contributed by atoms with van der Waals surface area (Å²) in [7, 11) is 0. The fourth-order valence-electron chi connectivity index (χ4n) is 2.18. The van der Waals surface area contributed by atoms with E-state index in [1.54, 1.807) is 6.92 Å². The number of nitrogens with zero attached hydrogens (tertiary/aromatic N) is 1. The van der Waals surface area contributed by atoms with Crippen LogP contribution in [-0.2, 0) is 9.59 Å². The van der Waals surface area contributed by atoms with Crippen molar-refractivity contribution in [3.05, 3.63) is 28.0 Å². The van der Waals surface area contributed by atoms with Gasteiger partial charge >= 0.3 is 0 Å². The van der Waals surface area contributed by atoms with Crippen molar-refractivity contribution in [3.8, 4) is 0 Å². The largest absolute Gasteiger partial charge is 0.304 e. The Morgan fingerprint density at radius 1 is 1.35 bits per heavy atom. The highest BCUT2D eigenvalue weighted by atomic mass is 79.9. The number of halogens is 2. The predicted molar refractivity (Wildman–Crippen MR) is 75.3 cm³/mol. The van der Waals surface area contributed by atoms with Gasteiger partial charge in [0.15, 0.2) is 0 Å². The maximum Gasteiger partial charge on any atom is 0.299 e. The summed E-state index contributed by atoms with van der Waals surface area (Å²) in [6.07, 6.45) is 1.30. The number of anilines is 1. The number of ketones is 2. The van der Waals surface area contributed by atoms with Crippen LogP contribution < -0.4 is 4.90 Å². The minimum Gasteiger partial charge on any atom is -0.304 e. The molecule has 0 fully saturated rings. The number of benzene rings is 1. The number of fused-ring (bicyclic) bond motifs is 1. The van der Waals surface area contributed by atoms with E-state index in [9.17, 15) is 18.8 Å². The van der Waals surface area contributed by atoms with Crippen LogP contribution in [-0.4, -0.2) is 24.0 Å². The summed E-state index contributed by atoms with van der Waals surface area (Å²) < 4.78 is 13.7. The Kier molecular flexibility index (Phi) is 4.32. The van der Waals surface area contributed by atoms with Gasteiger partial charge in [-0.3, -0.25) is 14.4 Å². The molecule has 0 aliphatic carbocycles. The average molecular weight is 342 g/mol. The molecule has 1 amide bonds. The average Bonchev–Trinajstić information content (AvgIpc) is 2.64. The van der Waals surface area contributed by atoms with E-state index >= 15 is 0 Å². The minimum atomic E-state index is -0.706. The van der Waals surface area contributed by atoms with Crippen molar-refractivity contribution in [2.75, 3.05) is 11.4 Å². The molecule has 20 heavy (non-hydrogen) atoms. The Hall–Kier alpha value is -1.56. The predicted octanol–water partition coefficient (Wildman–Crippen LogP) is 2.88. The number of carbonyl (C=O) groups is 3. The van der Waals surface area contributed by atoms with Crippen molar-refractivity contribution in [1.29, 1.82) is 0 Å². The smallest absolute Gasteiger partial charge is 0.299 e. The Morgan fingerprint density at radius 3 is 2.70 bits per heavy atom. The second kappa shape index (κ2) is 5.83. The minimum absolute atomic E-state index is 0.0729. The van der Waals surface area contributed by atoms with E-state index in [-0.39, 0.29) is 17.9 Å². The molecule has 106 valence electrons. The van der Waals surface area contributed by atoms with Crippen molar-refractivity contribution in [2.45, 2.75) is 26.2 Å². The second-order valence-corrected chi connectivity index (χ2v) is 5.42. The molecule has 0 atom stereocenters.